The van der Waals surface area contributed by atoms with Gasteiger partial charge in [-0.15, -0.1) is 5.10 Å². The summed E-state index contributed by atoms with van der Waals surface area (Å²) in [6, 6.07) is -0.481. The first-order chi connectivity index (χ1) is 9.54. The molecule has 0 aromatic carbocycles. The van der Waals surface area contributed by atoms with Gasteiger partial charge in [-0.3, -0.25) is 9.59 Å². The average molecular weight is 279 g/mol. The molecule has 1 aromatic heterocycles. The number of nitrogens with zero attached hydrogens (tertiary/aromatic N) is 4. The molecule has 2 amide bonds. The Morgan fingerprint density at radius 2 is 2.15 bits per heavy atom. The van der Waals surface area contributed by atoms with Crippen molar-refractivity contribution in [3.8, 4) is 0 Å². The van der Waals surface area contributed by atoms with Crippen molar-refractivity contribution in [3.63, 3.8) is 0 Å². The van der Waals surface area contributed by atoms with Crippen molar-refractivity contribution in [3.05, 3.63) is 11.9 Å². The molecule has 1 atom stereocenters. The highest BCUT2D eigenvalue weighted by Gasteiger charge is 2.38. The van der Waals surface area contributed by atoms with Gasteiger partial charge >= 0.3 is 5.97 Å². The van der Waals surface area contributed by atoms with E-state index in [4.69, 9.17) is 5.11 Å². The van der Waals surface area contributed by atoms with Gasteiger partial charge < -0.3 is 15.3 Å². The molecule has 0 saturated carbocycles. The first kappa shape index (κ1) is 12.6. The molecular weight excluding hydrogens is 266 g/mol. The Labute approximate surface area is 113 Å². The number of amides is 2. The van der Waals surface area contributed by atoms with Crippen molar-refractivity contribution < 1.29 is 19.5 Å². The molecule has 0 aliphatic carbocycles. The number of nitrogens with one attached hydrogen (secondary N) is 1. The monoisotopic (exact) mass is 279 g/mol. The number of rotatable bonds is 3. The van der Waals surface area contributed by atoms with Crippen LogP contribution in [-0.4, -0.2) is 61.9 Å². The summed E-state index contributed by atoms with van der Waals surface area (Å²) in [4.78, 5) is 35.4. The fourth-order valence-electron chi connectivity index (χ4n) is 2.38. The van der Waals surface area contributed by atoms with Crippen LogP contribution in [-0.2, 0) is 9.59 Å². The maximum Gasteiger partial charge on any atom is 0.358 e. The third kappa shape index (κ3) is 2.10. The predicted octanol–water partition coefficient (Wildman–Crippen LogP) is -1.36. The van der Waals surface area contributed by atoms with E-state index in [2.05, 4.69) is 15.6 Å². The Morgan fingerprint density at radius 3 is 2.70 bits per heavy atom. The molecule has 0 bridgehead atoms. The van der Waals surface area contributed by atoms with Gasteiger partial charge in [0.05, 0.1) is 12.2 Å². The molecule has 0 unspecified atom stereocenters. The van der Waals surface area contributed by atoms with E-state index in [0.717, 1.165) is 0 Å². The van der Waals surface area contributed by atoms with E-state index in [1.807, 2.05) is 0 Å². The minimum Gasteiger partial charge on any atom is -0.476 e. The van der Waals surface area contributed by atoms with Crippen LogP contribution in [0, 0.1) is 0 Å². The van der Waals surface area contributed by atoms with Crippen LogP contribution in [0.1, 0.15) is 29.4 Å². The predicted molar refractivity (Wildman–Crippen MR) is 63.8 cm³/mol. The maximum absolute atomic E-state index is 12.0. The number of hydrogen-bond donors (Lipinski definition) is 2. The minimum absolute atomic E-state index is 0.0587. The number of likely N-dealkylation sites (tertiary alicyclic amines) is 1. The Bertz CT molecular complexity index is 577. The Balaban J connectivity index is 1.56. The van der Waals surface area contributed by atoms with Gasteiger partial charge in [-0.1, -0.05) is 5.21 Å². The van der Waals surface area contributed by atoms with Crippen LogP contribution < -0.4 is 5.32 Å². The summed E-state index contributed by atoms with van der Waals surface area (Å²) in [6.07, 6.45) is 2.27. The second kappa shape index (κ2) is 4.58. The van der Waals surface area contributed by atoms with Crippen molar-refractivity contribution >= 4 is 17.8 Å². The van der Waals surface area contributed by atoms with Crippen molar-refractivity contribution in [2.45, 2.75) is 24.9 Å². The third-order valence-electron chi connectivity index (χ3n) is 3.57. The fourth-order valence-corrected chi connectivity index (χ4v) is 2.38. The largest absolute Gasteiger partial charge is 0.476 e. The summed E-state index contributed by atoms with van der Waals surface area (Å²) >= 11 is 0. The number of hydrogen-bond acceptors (Lipinski definition) is 5. The van der Waals surface area contributed by atoms with E-state index in [1.165, 1.54) is 10.9 Å². The molecule has 106 valence electrons. The fraction of sp³-hybridized carbons (Fsp3) is 0.545. The van der Waals surface area contributed by atoms with Crippen LogP contribution >= 0.6 is 0 Å². The number of carbonyl (C=O) groups excluding carboxylic acids is 2. The molecular formula is C11H13N5O4. The van der Waals surface area contributed by atoms with E-state index >= 15 is 0 Å². The summed E-state index contributed by atoms with van der Waals surface area (Å²) in [6.45, 7) is 0.904. The molecule has 1 aromatic rings. The molecule has 2 aliphatic rings. The second-order valence-corrected chi connectivity index (χ2v) is 4.94. The number of carbonyl (C=O) groups is 3. The zero-order valence-electron chi connectivity index (χ0n) is 10.5. The molecule has 9 nitrogen and oxygen atoms in total. The van der Waals surface area contributed by atoms with Gasteiger partial charge in [0.15, 0.2) is 5.69 Å². The molecule has 3 rings (SSSR count). The smallest absolute Gasteiger partial charge is 0.358 e. The van der Waals surface area contributed by atoms with Crippen molar-refractivity contribution in [1.29, 1.82) is 0 Å². The summed E-state index contributed by atoms with van der Waals surface area (Å²) in [7, 11) is 0. The van der Waals surface area contributed by atoms with Gasteiger partial charge in [0.1, 0.15) is 6.04 Å². The summed E-state index contributed by atoms with van der Waals surface area (Å²) < 4.78 is 1.46. The van der Waals surface area contributed by atoms with Crippen LogP contribution in [0.15, 0.2) is 6.20 Å². The lowest BCUT2D eigenvalue weighted by atomic mass is 10.1. The number of aromatic nitrogens is 3. The average Bonchev–Trinajstić information content (AvgIpc) is 2.96. The van der Waals surface area contributed by atoms with Crippen LogP contribution in [0.4, 0.5) is 0 Å². The number of aromatic carboxylic acids is 1. The molecule has 0 spiro atoms. The highest BCUT2D eigenvalue weighted by Crippen LogP contribution is 2.22. The molecule has 3 heterocycles. The SMILES string of the molecule is O=C1CC[C@@H](C(=O)N2CC(n3cc(C(=O)O)nn3)C2)N1. The highest BCUT2D eigenvalue weighted by atomic mass is 16.4. The number of carboxylic acid groups (broad SMARTS) is 1. The first-order valence-corrected chi connectivity index (χ1v) is 6.28. The van der Waals surface area contributed by atoms with Crippen LogP contribution in [0.2, 0.25) is 0 Å². The lowest BCUT2D eigenvalue weighted by Crippen LogP contribution is -2.55. The molecule has 9 heteroatoms. The molecule has 20 heavy (non-hydrogen) atoms. The normalized spacial score (nSPS) is 22.5. The van der Waals surface area contributed by atoms with Crippen LogP contribution in [0.25, 0.3) is 0 Å². The van der Waals surface area contributed by atoms with Crippen molar-refractivity contribution in [1.82, 2.24) is 25.2 Å². The summed E-state index contributed by atoms with van der Waals surface area (Å²) in [5.74, 6) is -1.31. The first-order valence-electron chi connectivity index (χ1n) is 6.28. The van der Waals surface area contributed by atoms with Gasteiger partial charge in [-0.05, 0) is 6.42 Å². The zero-order valence-corrected chi connectivity index (χ0v) is 10.5. The van der Waals surface area contributed by atoms with Gasteiger partial charge in [0.2, 0.25) is 11.8 Å². The Hall–Kier alpha value is -2.45. The lowest BCUT2D eigenvalue weighted by molar-refractivity contribution is -0.140. The van der Waals surface area contributed by atoms with Gasteiger partial charge in [-0.2, -0.15) is 0 Å². The van der Waals surface area contributed by atoms with E-state index < -0.39 is 12.0 Å². The minimum atomic E-state index is -1.13. The maximum atomic E-state index is 12.0. The van der Waals surface area contributed by atoms with Gasteiger partial charge in [-0.25, -0.2) is 9.48 Å². The van der Waals surface area contributed by atoms with E-state index in [1.54, 1.807) is 4.90 Å². The molecule has 0 radical (unpaired) electrons. The topological polar surface area (TPSA) is 117 Å². The molecule has 2 aliphatic heterocycles. The van der Waals surface area contributed by atoms with E-state index in [-0.39, 0.29) is 23.6 Å². The van der Waals surface area contributed by atoms with Crippen LogP contribution in [0.3, 0.4) is 0 Å². The molecule has 2 N–H and O–H groups in total. The highest BCUT2D eigenvalue weighted by molar-refractivity contribution is 5.91. The Morgan fingerprint density at radius 1 is 1.40 bits per heavy atom. The second-order valence-electron chi connectivity index (χ2n) is 4.94. The summed E-state index contributed by atoms with van der Waals surface area (Å²) in [5.41, 5.74) is -0.113. The van der Waals surface area contributed by atoms with Crippen molar-refractivity contribution in [2.75, 3.05) is 13.1 Å². The number of carboxylic acids is 1. The summed E-state index contributed by atoms with van der Waals surface area (Å²) in [5, 5.41) is 18.7. The van der Waals surface area contributed by atoms with E-state index in [9.17, 15) is 14.4 Å². The molecule has 2 saturated heterocycles. The third-order valence-corrected chi connectivity index (χ3v) is 3.57. The van der Waals surface area contributed by atoms with E-state index in [0.29, 0.717) is 25.9 Å². The lowest BCUT2D eigenvalue weighted by Gasteiger charge is -2.40. The standard InChI is InChI=1S/C11H13N5O4/c17-9-2-1-7(12-9)10(18)15-3-6(4-15)16-5-8(11(19)20)13-14-16/h5-7H,1-4H2,(H,12,17)(H,19,20)/t7-/m0/s1. The van der Waals surface area contributed by atoms with Crippen LogP contribution in [0.5, 0.6) is 0 Å². The van der Waals surface area contributed by atoms with Gasteiger partial charge in [0, 0.05) is 19.5 Å². The molecule has 2 fully saturated rings. The zero-order chi connectivity index (χ0) is 14.3. The Kier molecular flexibility index (Phi) is 2.88. The van der Waals surface area contributed by atoms with Crippen molar-refractivity contribution in [2.24, 2.45) is 0 Å². The van der Waals surface area contributed by atoms with Gasteiger partial charge in [0.25, 0.3) is 0 Å². The quantitative estimate of drug-likeness (QED) is 0.705.